The number of amides is 1. The lowest BCUT2D eigenvalue weighted by Crippen LogP contribution is -2.19. The minimum atomic E-state index is -0.131. The third-order valence-corrected chi connectivity index (χ3v) is 4.32. The second-order valence-electron chi connectivity index (χ2n) is 5.29. The fourth-order valence-corrected chi connectivity index (χ4v) is 3.07. The van der Waals surface area contributed by atoms with Gasteiger partial charge in [0.1, 0.15) is 11.4 Å². The van der Waals surface area contributed by atoms with E-state index in [2.05, 4.69) is 10.3 Å². The predicted octanol–water partition coefficient (Wildman–Crippen LogP) is 4.29. The van der Waals surface area contributed by atoms with Crippen LogP contribution < -0.4 is 10.1 Å². The lowest BCUT2D eigenvalue weighted by molar-refractivity contribution is -0.115. The zero-order valence-electron chi connectivity index (χ0n) is 13.6. The van der Waals surface area contributed by atoms with Gasteiger partial charge in [-0.05, 0) is 49.4 Å². The topological polar surface area (TPSA) is 50.7 Å². The van der Waals surface area contributed by atoms with Gasteiger partial charge in [0.05, 0.1) is 11.5 Å². The van der Waals surface area contributed by atoms with E-state index < -0.39 is 0 Å². The zero-order valence-corrected chi connectivity index (χ0v) is 14.4. The Balaban J connectivity index is 1.83. The average Bonchev–Trinajstić information content (AvgIpc) is 2.91. The van der Waals surface area contributed by atoms with E-state index in [0.717, 1.165) is 5.56 Å². The van der Waals surface area contributed by atoms with Crippen LogP contribution >= 0.6 is 11.8 Å². The summed E-state index contributed by atoms with van der Waals surface area (Å²) in [5, 5.41) is 3.36. The van der Waals surface area contributed by atoms with Crippen LogP contribution in [0, 0.1) is 6.92 Å². The monoisotopic (exact) mass is 338 g/mol. The molecule has 1 heterocycles. The molecule has 0 radical (unpaired) electrons. The fraction of sp³-hybridized carbons (Fsp3) is 0.158. The number of thioether (sulfide) groups is 1. The second kappa shape index (κ2) is 7.36. The van der Waals surface area contributed by atoms with Crippen molar-refractivity contribution in [3.8, 4) is 5.75 Å². The van der Waals surface area contributed by atoms with Crippen LogP contribution in [0.3, 0.4) is 0 Å². The van der Waals surface area contributed by atoms with Gasteiger partial charge in [0.15, 0.2) is 5.17 Å². The summed E-state index contributed by atoms with van der Waals surface area (Å²) < 4.78 is 5.56. The van der Waals surface area contributed by atoms with Gasteiger partial charge in [0, 0.05) is 0 Å². The highest BCUT2D eigenvalue weighted by Crippen LogP contribution is 2.32. The molecule has 2 aromatic rings. The number of benzene rings is 2. The zero-order chi connectivity index (χ0) is 16.9. The maximum atomic E-state index is 12.1. The number of para-hydroxylation sites is 2. The molecule has 3 rings (SSSR count). The van der Waals surface area contributed by atoms with Crippen LogP contribution in [0.5, 0.6) is 5.75 Å². The van der Waals surface area contributed by atoms with Crippen molar-refractivity contribution in [3.05, 3.63) is 64.6 Å². The summed E-state index contributed by atoms with van der Waals surface area (Å²) in [6, 6.07) is 15.6. The van der Waals surface area contributed by atoms with E-state index in [4.69, 9.17) is 4.74 Å². The van der Waals surface area contributed by atoms with Gasteiger partial charge in [-0.25, -0.2) is 4.99 Å². The number of carbonyl (C=O) groups excluding carboxylic acids is 1. The molecule has 1 N–H and O–H groups in total. The Bertz CT molecular complexity index is 810. The van der Waals surface area contributed by atoms with E-state index >= 15 is 0 Å². The normalized spacial score (nSPS) is 17.3. The van der Waals surface area contributed by atoms with Crippen LogP contribution in [0.1, 0.15) is 18.1 Å². The van der Waals surface area contributed by atoms with E-state index in [1.54, 1.807) is 0 Å². The highest BCUT2D eigenvalue weighted by atomic mass is 32.2. The van der Waals surface area contributed by atoms with E-state index in [0.29, 0.717) is 28.1 Å². The molecule has 1 saturated heterocycles. The van der Waals surface area contributed by atoms with Crippen LogP contribution in [-0.4, -0.2) is 17.7 Å². The quantitative estimate of drug-likeness (QED) is 0.846. The Morgan fingerprint density at radius 1 is 1.17 bits per heavy atom. The van der Waals surface area contributed by atoms with Crippen molar-refractivity contribution in [1.29, 1.82) is 0 Å². The van der Waals surface area contributed by atoms with E-state index in [-0.39, 0.29) is 5.91 Å². The van der Waals surface area contributed by atoms with E-state index in [9.17, 15) is 4.79 Å². The molecule has 0 spiro atoms. The third-order valence-electron chi connectivity index (χ3n) is 3.41. The molecule has 1 amide bonds. The van der Waals surface area contributed by atoms with Crippen LogP contribution in [0.25, 0.3) is 6.08 Å². The molecule has 0 saturated carbocycles. The molecule has 1 aliphatic heterocycles. The Hall–Kier alpha value is -2.53. The summed E-state index contributed by atoms with van der Waals surface area (Å²) in [6.45, 7) is 4.53. The number of amidine groups is 1. The molecule has 1 aliphatic rings. The van der Waals surface area contributed by atoms with Crippen LogP contribution in [-0.2, 0) is 4.79 Å². The number of hydrogen-bond acceptors (Lipinski definition) is 4. The van der Waals surface area contributed by atoms with Crippen molar-refractivity contribution in [2.75, 3.05) is 6.61 Å². The van der Waals surface area contributed by atoms with Crippen molar-refractivity contribution in [3.63, 3.8) is 0 Å². The van der Waals surface area contributed by atoms with Crippen molar-refractivity contribution < 1.29 is 9.53 Å². The van der Waals surface area contributed by atoms with Gasteiger partial charge in [0.25, 0.3) is 5.91 Å². The number of aryl methyl sites for hydroxylation is 1. The molecule has 2 aromatic carbocycles. The summed E-state index contributed by atoms with van der Waals surface area (Å²) >= 11 is 1.33. The SMILES string of the molecule is CCOc1ccccc1N=C1NC(=O)/C(=C/c2ccc(C)cc2)S1. The average molecular weight is 338 g/mol. The number of rotatable bonds is 4. The van der Waals surface area contributed by atoms with Crippen molar-refractivity contribution in [1.82, 2.24) is 5.32 Å². The number of ether oxygens (including phenoxy) is 1. The summed E-state index contributed by atoms with van der Waals surface area (Å²) in [5.74, 6) is 0.575. The Morgan fingerprint density at radius 3 is 2.67 bits per heavy atom. The summed E-state index contributed by atoms with van der Waals surface area (Å²) in [5.41, 5.74) is 2.89. The molecule has 1 fully saturated rings. The number of aliphatic imine (C=N–C) groups is 1. The van der Waals surface area contributed by atoms with Gasteiger partial charge in [-0.2, -0.15) is 0 Å². The summed E-state index contributed by atoms with van der Waals surface area (Å²) in [4.78, 5) is 17.3. The molecule has 0 aliphatic carbocycles. The van der Waals surface area contributed by atoms with Gasteiger partial charge < -0.3 is 10.1 Å². The lowest BCUT2D eigenvalue weighted by Gasteiger charge is -2.06. The first-order chi connectivity index (χ1) is 11.7. The van der Waals surface area contributed by atoms with Crippen molar-refractivity contribution in [2.45, 2.75) is 13.8 Å². The molecule has 0 aromatic heterocycles. The lowest BCUT2D eigenvalue weighted by atomic mass is 10.1. The first kappa shape index (κ1) is 16.3. The van der Waals surface area contributed by atoms with Crippen molar-refractivity contribution in [2.24, 2.45) is 4.99 Å². The molecular weight excluding hydrogens is 320 g/mol. The molecular formula is C19H18N2O2S. The highest BCUT2D eigenvalue weighted by molar-refractivity contribution is 8.18. The Morgan fingerprint density at radius 2 is 1.92 bits per heavy atom. The number of nitrogens with zero attached hydrogens (tertiary/aromatic N) is 1. The maximum Gasteiger partial charge on any atom is 0.264 e. The third kappa shape index (κ3) is 3.86. The van der Waals surface area contributed by atoms with Crippen LogP contribution in [0.4, 0.5) is 5.69 Å². The van der Waals surface area contributed by atoms with E-state index in [1.807, 2.05) is 68.5 Å². The molecule has 0 unspecified atom stereocenters. The molecule has 5 heteroatoms. The first-order valence-corrected chi connectivity index (χ1v) is 8.55. The maximum absolute atomic E-state index is 12.1. The molecule has 122 valence electrons. The highest BCUT2D eigenvalue weighted by Gasteiger charge is 2.24. The Kier molecular flexibility index (Phi) is 5.01. The standard InChI is InChI=1S/C19H18N2O2S/c1-3-23-16-7-5-4-6-15(16)20-19-21-18(22)17(24-19)12-14-10-8-13(2)9-11-14/h4-12H,3H2,1-2H3,(H,20,21,22)/b17-12-. The number of carbonyl (C=O) groups is 1. The molecule has 0 atom stereocenters. The van der Waals surface area contributed by atoms with Gasteiger partial charge in [-0.15, -0.1) is 0 Å². The second-order valence-corrected chi connectivity index (χ2v) is 6.32. The van der Waals surface area contributed by atoms with Gasteiger partial charge >= 0.3 is 0 Å². The molecule has 0 bridgehead atoms. The first-order valence-electron chi connectivity index (χ1n) is 7.74. The van der Waals surface area contributed by atoms with E-state index in [1.165, 1.54) is 17.3 Å². The summed E-state index contributed by atoms with van der Waals surface area (Å²) in [6.07, 6.45) is 1.87. The van der Waals surface area contributed by atoms with Crippen LogP contribution in [0.15, 0.2) is 58.4 Å². The summed E-state index contributed by atoms with van der Waals surface area (Å²) in [7, 11) is 0. The number of hydrogen-bond donors (Lipinski definition) is 1. The predicted molar refractivity (Wildman–Crippen MR) is 99.6 cm³/mol. The fourth-order valence-electron chi connectivity index (χ4n) is 2.23. The largest absolute Gasteiger partial charge is 0.492 e. The Labute approximate surface area is 145 Å². The van der Waals surface area contributed by atoms with Crippen LogP contribution in [0.2, 0.25) is 0 Å². The molecule has 4 nitrogen and oxygen atoms in total. The molecule has 24 heavy (non-hydrogen) atoms. The van der Waals surface area contributed by atoms with Gasteiger partial charge in [0.2, 0.25) is 0 Å². The van der Waals surface area contributed by atoms with Gasteiger partial charge in [-0.3, -0.25) is 4.79 Å². The van der Waals surface area contributed by atoms with Crippen molar-refractivity contribution >= 4 is 34.6 Å². The number of nitrogens with one attached hydrogen (secondary N) is 1. The minimum Gasteiger partial charge on any atom is -0.492 e. The minimum absolute atomic E-state index is 0.131. The van der Waals surface area contributed by atoms with Gasteiger partial charge in [-0.1, -0.05) is 42.0 Å². The smallest absolute Gasteiger partial charge is 0.264 e.